The summed E-state index contributed by atoms with van der Waals surface area (Å²) < 4.78 is 36.1. The van der Waals surface area contributed by atoms with Crippen molar-refractivity contribution in [3.8, 4) is 0 Å². The minimum absolute atomic E-state index is 0.146. The van der Waals surface area contributed by atoms with Crippen LogP contribution >= 0.6 is 11.6 Å². The molecule has 4 aromatic rings. The largest absolute Gasteiger partial charge is 0.443 e. The fraction of sp³-hybridized carbons (Fsp3) is 0.474. The van der Waals surface area contributed by atoms with Crippen LogP contribution in [0, 0.1) is 5.92 Å². The first-order valence-corrected chi connectivity index (χ1v) is 19.5. The number of fused-ring (bicyclic) bond motifs is 1. The van der Waals surface area contributed by atoms with Crippen LogP contribution in [0.25, 0.3) is 11.0 Å². The van der Waals surface area contributed by atoms with Crippen molar-refractivity contribution < 1.29 is 28.2 Å². The Balaban J connectivity index is 1.58. The number of halogens is 2. The summed E-state index contributed by atoms with van der Waals surface area (Å²) in [5.41, 5.74) is -1.67. The average Bonchev–Trinajstić information content (AvgIpc) is 3.54. The first-order chi connectivity index (χ1) is 23.2. The molecule has 2 amide bonds. The summed E-state index contributed by atoms with van der Waals surface area (Å²) in [7, 11) is -2.61. The van der Waals surface area contributed by atoms with Gasteiger partial charge in [-0.25, -0.2) is 14.0 Å². The van der Waals surface area contributed by atoms with Crippen molar-refractivity contribution in [2.75, 3.05) is 4.90 Å². The smallest absolute Gasteiger partial charge is 0.425 e. The van der Waals surface area contributed by atoms with Crippen LogP contribution in [0.5, 0.6) is 0 Å². The van der Waals surface area contributed by atoms with Gasteiger partial charge in [-0.2, -0.15) is 14.9 Å². The number of carbonyl (C=O) groups excluding carboxylic acids is 2. The van der Waals surface area contributed by atoms with Crippen LogP contribution in [0.3, 0.4) is 0 Å². The van der Waals surface area contributed by atoms with Crippen molar-refractivity contribution in [2.45, 2.75) is 110 Å². The Bertz CT molecular complexity index is 1770. The molecule has 1 fully saturated rings. The molecule has 5 rings (SSSR count). The zero-order chi connectivity index (χ0) is 36.8. The molecule has 50 heavy (non-hydrogen) atoms. The first-order valence-electron chi connectivity index (χ1n) is 16.9. The minimum Gasteiger partial charge on any atom is -0.443 e. The molecule has 1 aliphatic heterocycles. The summed E-state index contributed by atoms with van der Waals surface area (Å²) in [6.07, 6.45) is -3.28. The van der Waals surface area contributed by atoms with E-state index in [1.807, 2.05) is 19.1 Å². The molecule has 268 valence electrons. The van der Waals surface area contributed by atoms with Crippen LogP contribution in [0.15, 0.2) is 72.9 Å². The van der Waals surface area contributed by atoms with Gasteiger partial charge in [0.15, 0.2) is 18.2 Å². The van der Waals surface area contributed by atoms with Crippen LogP contribution in [0.2, 0.25) is 16.4 Å². The Kier molecular flexibility index (Phi) is 10.3. The number of benzene rings is 2. The Hall–Kier alpha value is -3.80. The van der Waals surface area contributed by atoms with E-state index in [2.05, 4.69) is 79.3 Å². The van der Waals surface area contributed by atoms with Crippen molar-refractivity contribution in [3.05, 3.63) is 78.2 Å². The van der Waals surface area contributed by atoms with E-state index >= 15 is 4.39 Å². The molecular formula is C38H48ClFN4O5Si. The summed E-state index contributed by atoms with van der Waals surface area (Å²) in [5.74, 6) is -0.608. The van der Waals surface area contributed by atoms with Crippen molar-refractivity contribution in [2.24, 2.45) is 5.92 Å². The van der Waals surface area contributed by atoms with E-state index in [4.69, 9.17) is 25.8 Å². The maximum Gasteiger partial charge on any atom is 0.425 e. The molecule has 0 aliphatic carbocycles. The number of hydrogen-bond donors (Lipinski definition) is 0. The van der Waals surface area contributed by atoms with Crippen LogP contribution in [0.4, 0.5) is 19.8 Å². The van der Waals surface area contributed by atoms with E-state index < -0.39 is 55.9 Å². The van der Waals surface area contributed by atoms with Crippen LogP contribution in [-0.4, -0.2) is 58.3 Å². The predicted octanol–water partition coefficient (Wildman–Crippen LogP) is 8.70. The van der Waals surface area contributed by atoms with E-state index in [9.17, 15) is 9.59 Å². The van der Waals surface area contributed by atoms with Gasteiger partial charge in [0.05, 0.1) is 11.5 Å². The molecule has 4 atom stereocenters. The summed E-state index contributed by atoms with van der Waals surface area (Å²) in [4.78, 5) is 36.4. The van der Waals surface area contributed by atoms with E-state index in [0.717, 1.165) is 0 Å². The van der Waals surface area contributed by atoms with Gasteiger partial charge >= 0.3 is 12.2 Å². The Labute approximate surface area is 300 Å². The number of imide groups is 1. The third-order valence-electron chi connectivity index (χ3n) is 9.16. The first kappa shape index (κ1) is 37.5. The second-order valence-corrected chi connectivity index (χ2v) is 21.2. The lowest BCUT2D eigenvalue weighted by Gasteiger charge is -2.46. The SMILES string of the molecule is C[C@H]1[C@H](F)[C@H](n2ccc3c(N(C(=O)OC(C)(C)C)C(=O)OC(C)(C)C)nc(Cl)nc32)O[C@@H]1C[Si](c1ccccc1)(c1ccccc1)C(C)(C)C. The molecule has 0 saturated carbocycles. The highest BCUT2D eigenvalue weighted by molar-refractivity contribution is 7.04. The van der Waals surface area contributed by atoms with Gasteiger partial charge in [0.2, 0.25) is 5.28 Å². The summed E-state index contributed by atoms with van der Waals surface area (Å²) >= 11 is 6.45. The third kappa shape index (κ3) is 7.45. The number of rotatable bonds is 6. The summed E-state index contributed by atoms with van der Waals surface area (Å²) in [6.45, 7) is 18.8. The fourth-order valence-corrected chi connectivity index (χ4v) is 12.8. The van der Waals surface area contributed by atoms with E-state index in [1.165, 1.54) is 10.4 Å². The molecule has 0 N–H and O–H groups in total. The molecule has 0 spiro atoms. The van der Waals surface area contributed by atoms with Gasteiger partial charge in [0.1, 0.15) is 24.9 Å². The molecule has 0 bridgehead atoms. The maximum absolute atomic E-state index is 16.6. The topological polar surface area (TPSA) is 95.8 Å². The molecule has 1 aliphatic rings. The third-order valence-corrected chi connectivity index (χ3v) is 15.5. The molecule has 0 unspecified atom stereocenters. The highest BCUT2D eigenvalue weighted by Gasteiger charge is 2.53. The Morgan fingerprint density at radius 1 is 0.860 bits per heavy atom. The number of amides is 2. The summed E-state index contributed by atoms with van der Waals surface area (Å²) in [5, 5.41) is 2.38. The second kappa shape index (κ2) is 13.7. The molecule has 3 heterocycles. The average molecular weight is 723 g/mol. The molecular weight excluding hydrogens is 675 g/mol. The molecule has 1 saturated heterocycles. The number of nitrogens with zero attached hydrogens (tertiary/aromatic N) is 4. The molecule has 2 aromatic carbocycles. The van der Waals surface area contributed by atoms with E-state index in [-0.39, 0.29) is 27.2 Å². The molecule has 2 aromatic heterocycles. The fourth-order valence-electron chi connectivity index (χ4n) is 6.85. The van der Waals surface area contributed by atoms with Crippen molar-refractivity contribution in [1.29, 1.82) is 0 Å². The van der Waals surface area contributed by atoms with Crippen LogP contribution in [-0.2, 0) is 14.2 Å². The van der Waals surface area contributed by atoms with Crippen molar-refractivity contribution in [3.63, 3.8) is 0 Å². The number of hydrogen-bond acceptors (Lipinski definition) is 7. The number of ether oxygens (including phenoxy) is 3. The highest BCUT2D eigenvalue weighted by atomic mass is 35.5. The van der Waals surface area contributed by atoms with Gasteiger partial charge in [-0.1, -0.05) is 98.7 Å². The molecule has 0 radical (unpaired) electrons. The Morgan fingerprint density at radius 2 is 1.36 bits per heavy atom. The number of alkyl halides is 1. The number of anilines is 1. The summed E-state index contributed by atoms with van der Waals surface area (Å²) in [6, 6.07) is 23.3. The minimum atomic E-state index is -2.61. The van der Waals surface area contributed by atoms with Crippen molar-refractivity contribution in [1.82, 2.24) is 14.5 Å². The predicted molar refractivity (Wildman–Crippen MR) is 198 cm³/mol. The maximum atomic E-state index is 16.6. The monoisotopic (exact) mass is 722 g/mol. The normalized spacial score (nSPS) is 20.2. The van der Waals surface area contributed by atoms with Crippen LogP contribution in [0.1, 0.15) is 75.5 Å². The molecule has 12 heteroatoms. The lowest BCUT2D eigenvalue weighted by molar-refractivity contribution is -0.0104. The van der Waals surface area contributed by atoms with Gasteiger partial charge in [0.25, 0.3) is 0 Å². The second-order valence-electron chi connectivity index (χ2n) is 16.0. The van der Waals surface area contributed by atoms with E-state index in [0.29, 0.717) is 10.9 Å². The van der Waals surface area contributed by atoms with E-state index in [1.54, 1.807) is 58.4 Å². The number of aromatic nitrogens is 3. The highest BCUT2D eigenvalue weighted by Crippen LogP contribution is 2.46. The quantitative estimate of drug-likeness (QED) is 0.145. The standard InChI is InChI=1S/C38H48ClFN4O5Si/c1-24-28(23-50(38(8,9)10,25-17-13-11-14-18-25)26-19-15-12-16-20-26)47-32(29(24)40)43-22-21-27-30(43)41-33(39)42-31(27)44(34(45)48-36(2,3)4)35(46)49-37(5,6)7/h11-22,24,28-29,32H,23H2,1-10H3/t24-,28-,29+,32-/m1/s1. The molecule has 9 nitrogen and oxygen atoms in total. The zero-order valence-electron chi connectivity index (χ0n) is 30.5. The van der Waals surface area contributed by atoms with Gasteiger partial charge < -0.3 is 18.8 Å². The van der Waals surface area contributed by atoms with Gasteiger partial charge in [-0.05, 0) is 70.3 Å². The van der Waals surface area contributed by atoms with Crippen LogP contribution < -0.4 is 15.3 Å². The lowest BCUT2D eigenvalue weighted by atomic mass is 10.0. The Morgan fingerprint density at radius 3 is 1.82 bits per heavy atom. The number of carbonyl (C=O) groups is 2. The van der Waals surface area contributed by atoms with Gasteiger partial charge in [-0.3, -0.25) is 0 Å². The van der Waals surface area contributed by atoms with Gasteiger partial charge in [-0.15, -0.1) is 0 Å². The zero-order valence-corrected chi connectivity index (χ0v) is 32.3. The van der Waals surface area contributed by atoms with Gasteiger partial charge in [0, 0.05) is 12.1 Å². The van der Waals surface area contributed by atoms with Crippen molar-refractivity contribution >= 4 is 59.1 Å². The lowest BCUT2D eigenvalue weighted by Crippen LogP contribution is -2.65.